The Bertz CT molecular complexity index is 938. The molecule has 0 unspecified atom stereocenters. The second-order valence-corrected chi connectivity index (χ2v) is 5.16. The lowest BCUT2D eigenvalue weighted by Crippen LogP contribution is -1.87. The van der Waals surface area contributed by atoms with Crippen LogP contribution in [0, 0.1) is 0 Å². The van der Waals surface area contributed by atoms with Crippen LogP contribution < -0.4 is 0 Å². The molecule has 1 N–H and O–H groups in total. The number of benzene rings is 4. The van der Waals surface area contributed by atoms with Gasteiger partial charge in [0.25, 0.3) is 0 Å². The van der Waals surface area contributed by atoms with Gasteiger partial charge in [0.15, 0.2) is 0 Å². The summed E-state index contributed by atoms with van der Waals surface area (Å²) in [6.45, 7) is 0.0727. The minimum absolute atomic E-state index is 0.0727. The first-order valence-electron chi connectivity index (χ1n) is 6.81. The number of rotatable bonds is 1. The Labute approximate surface area is 117 Å². The van der Waals surface area contributed by atoms with E-state index in [1.165, 1.54) is 32.3 Å². The maximum absolute atomic E-state index is 9.61. The van der Waals surface area contributed by atoms with Crippen molar-refractivity contribution < 1.29 is 5.11 Å². The molecule has 20 heavy (non-hydrogen) atoms. The number of aliphatic hydroxyl groups excluding tert-OH is 1. The average Bonchev–Trinajstić information content (AvgIpc) is 2.52. The fourth-order valence-corrected chi connectivity index (χ4v) is 3.01. The van der Waals surface area contributed by atoms with Crippen LogP contribution >= 0.6 is 0 Å². The third kappa shape index (κ3) is 1.60. The molecule has 0 fully saturated rings. The van der Waals surface area contributed by atoms with Crippen LogP contribution in [0.1, 0.15) is 5.56 Å². The molecule has 96 valence electrons. The second-order valence-electron chi connectivity index (χ2n) is 5.16. The summed E-state index contributed by atoms with van der Waals surface area (Å²) in [6, 6.07) is 23.2. The van der Waals surface area contributed by atoms with Crippen LogP contribution in [0.3, 0.4) is 0 Å². The van der Waals surface area contributed by atoms with E-state index in [0.29, 0.717) is 0 Å². The molecule has 1 nitrogen and oxygen atoms in total. The topological polar surface area (TPSA) is 20.2 Å². The van der Waals surface area contributed by atoms with E-state index in [1.807, 2.05) is 12.1 Å². The van der Waals surface area contributed by atoms with E-state index in [9.17, 15) is 5.11 Å². The van der Waals surface area contributed by atoms with Gasteiger partial charge in [-0.2, -0.15) is 0 Å². The fourth-order valence-electron chi connectivity index (χ4n) is 3.01. The molecule has 0 aromatic heterocycles. The molecule has 0 saturated carbocycles. The zero-order valence-corrected chi connectivity index (χ0v) is 11.0. The summed E-state index contributed by atoms with van der Waals surface area (Å²) in [5.41, 5.74) is 0.989. The van der Waals surface area contributed by atoms with Gasteiger partial charge in [-0.3, -0.25) is 0 Å². The standard InChI is InChI=1S/C19H14O/c20-12-17-7-3-6-13-8-9-16-10-14-4-1-2-5-15(14)11-18(16)19(13)17/h1-11,20H,12H2. The molecule has 0 spiro atoms. The van der Waals surface area contributed by atoms with Crippen molar-refractivity contribution in [2.24, 2.45) is 0 Å². The van der Waals surface area contributed by atoms with Gasteiger partial charge in [-0.05, 0) is 50.0 Å². The zero-order chi connectivity index (χ0) is 13.5. The molecule has 0 aliphatic heterocycles. The maximum Gasteiger partial charge on any atom is 0.0688 e. The van der Waals surface area contributed by atoms with Crippen molar-refractivity contribution in [2.75, 3.05) is 0 Å². The Kier molecular flexibility index (Phi) is 2.48. The van der Waals surface area contributed by atoms with Crippen molar-refractivity contribution in [3.8, 4) is 0 Å². The van der Waals surface area contributed by atoms with E-state index in [4.69, 9.17) is 0 Å². The smallest absolute Gasteiger partial charge is 0.0688 e. The first-order chi connectivity index (χ1) is 9.86. The van der Waals surface area contributed by atoms with Crippen LogP contribution in [0.15, 0.2) is 66.7 Å². The van der Waals surface area contributed by atoms with Gasteiger partial charge < -0.3 is 5.11 Å². The van der Waals surface area contributed by atoms with Crippen molar-refractivity contribution in [1.82, 2.24) is 0 Å². The van der Waals surface area contributed by atoms with Crippen molar-refractivity contribution in [3.63, 3.8) is 0 Å². The Morgan fingerprint density at radius 2 is 1.35 bits per heavy atom. The monoisotopic (exact) mass is 258 g/mol. The van der Waals surface area contributed by atoms with E-state index in [-0.39, 0.29) is 6.61 Å². The van der Waals surface area contributed by atoms with Crippen molar-refractivity contribution in [1.29, 1.82) is 0 Å². The van der Waals surface area contributed by atoms with Gasteiger partial charge >= 0.3 is 0 Å². The minimum Gasteiger partial charge on any atom is -0.392 e. The summed E-state index contributed by atoms with van der Waals surface area (Å²) >= 11 is 0. The largest absolute Gasteiger partial charge is 0.392 e. The highest BCUT2D eigenvalue weighted by molar-refractivity contribution is 6.13. The molecule has 4 rings (SSSR count). The molecular weight excluding hydrogens is 244 g/mol. The number of hydrogen-bond acceptors (Lipinski definition) is 1. The first-order valence-corrected chi connectivity index (χ1v) is 6.81. The van der Waals surface area contributed by atoms with Gasteiger partial charge in [-0.25, -0.2) is 0 Å². The lowest BCUT2D eigenvalue weighted by molar-refractivity contribution is 0.283. The Morgan fingerprint density at radius 3 is 2.15 bits per heavy atom. The molecular formula is C19H14O. The molecule has 0 amide bonds. The SMILES string of the molecule is OCc1cccc2ccc3cc4ccccc4cc3c12. The van der Waals surface area contributed by atoms with E-state index in [0.717, 1.165) is 5.56 Å². The predicted octanol–water partition coefficient (Wildman–Crippen LogP) is 4.64. The van der Waals surface area contributed by atoms with Crippen LogP contribution in [0.5, 0.6) is 0 Å². The highest BCUT2D eigenvalue weighted by Gasteiger charge is 2.06. The van der Waals surface area contributed by atoms with Gasteiger partial charge in [0.2, 0.25) is 0 Å². The summed E-state index contributed by atoms with van der Waals surface area (Å²) < 4.78 is 0. The molecule has 0 bridgehead atoms. The third-order valence-corrected chi connectivity index (χ3v) is 3.98. The van der Waals surface area contributed by atoms with Crippen LogP contribution in [0.4, 0.5) is 0 Å². The Hall–Kier alpha value is -2.38. The normalized spacial score (nSPS) is 11.4. The maximum atomic E-state index is 9.61. The van der Waals surface area contributed by atoms with Crippen molar-refractivity contribution >= 4 is 32.3 Å². The van der Waals surface area contributed by atoms with Crippen LogP contribution in [0.2, 0.25) is 0 Å². The molecule has 0 heterocycles. The quantitative estimate of drug-likeness (QED) is 0.389. The Morgan fingerprint density at radius 1 is 0.650 bits per heavy atom. The van der Waals surface area contributed by atoms with Crippen LogP contribution in [0.25, 0.3) is 32.3 Å². The molecule has 0 aliphatic rings. The van der Waals surface area contributed by atoms with Gasteiger partial charge in [0.05, 0.1) is 6.61 Å². The molecule has 1 heteroatoms. The number of aliphatic hydroxyl groups is 1. The first kappa shape index (κ1) is 11.4. The number of fused-ring (bicyclic) bond motifs is 4. The molecule has 0 radical (unpaired) electrons. The summed E-state index contributed by atoms with van der Waals surface area (Å²) in [5.74, 6) is 0. The van der Waals surface area contributed by atoms with E-state index < -0.39 is 0 Å². The highest BCUT2D eigenvalue weighted by atomic mass is 16.3. The van der Waals surface area contributed by atoms with Crippen molar-refractivity contribution in [3.05, 3.63) is 72.3 Å². The van der Waals surface area contributed by atoms with Crippen LogP contribution in [-0.4, -0.2) is 5.11 Å². The average molecular weight is 258 g/mol. The summed E-state index contributed by atoms with van der Waals surface area (Å²) in [5, 5.41) is 16.9. The van der Waals surface area contributed by atoms with Gasteiger partial charge in [-0.15, -0.1) is 0 Å². The van der Waals surface area contributed by atoms with Gasteiger partial charge in [0, 0.05) is 0 Å². The minimum atomic E-state index is 0.0727. The third-order valence-electron chi connectivity index (χ3n) is 3.98. The Balaban J connectivity index is 2.25. The van der Waals surface area contributed by atoms with E-state index in [2.05, 4.69) is 54.6 Å². The van der Waals surface area contributed by atoms with E-state index in [1.54, 1.807) is 0 Å². The molecule has 4 aromatic carbocycles. The summed E-state index contributed by atoms with van der Waals surface area (Å²) in [6.07, 6.45) is 0. The molecule has 4 aromatic rings. The summed E-state index contributed by atoms with van der Waals surface area (Å²) in [7, 11) is 0. The molecule has 0 saturated heterocycles. The van der Waals surface area contributed by atoms with Crippen molar-refractivity contribution in [2.45, 2.75) is 6.61 Å². The zero-order valence-electron chi connectivity index (χ0n) is 11.0. The molecule has 0 atom stereocenters. The fraction of sp³-hybridized carbons (Fsp3) is 0.0526. The van der Waals surface area contributed by atoms with Crippen LogP contribution in [-0.2, 0) is 6.61 Å². The number of hydrogen-bond donors (Lipinski definition) is 1. The van der Waals surface area contributed by atoms with Gasteiger partial charge in [0.1, 0.15) is 0 Å². The highest BCUT2D eigenvalue weighted by Crippen LogP contribution is 2.31. The predicted molar refractivity (Wildman–Crippen MR) is 84.9 cm³/mol. The van der Waals surface area contributed by atoms with Gasteiger partial charge in [-0.1, -0.05) is 54.6 Å². The lowest BCUT2D eigenvalue weighted by atomic mass is 9.95. The van der Waals surface area contributed by atoms with E-state index >= 15 is 0 Å². The lowest BCUT2D eigenvalue weighted by Gasteiger charge is -2.09. The summed E-state index contributed by atoms with van der Waals surface area (Å²) in [4.78, 5) is 0. The second kappa shape index (κ2) is 4.32. The molecule has 0 aliphatic carbocycles.